The molecule has 9 heteroatoms. The Kier molecular flexibility index (Phi) is 10.2. The summed E-state index contributed by atoms with van der Waals surface area (Å²) < 4.78 is 10.0. The van der Waals surface area contributed by atoms with Crippen LogP contribution in [0.2, 0.25) is 0 Å². The third-order valence-corrected chi connectivity index (χ3v) is 10.5. The van der Waals surface area contributed by atoms with E-state index in [9.17, 15) is 9.59 Å². The van der Waals surface area contributed by atoms with Crippen molar-refractivity contribution in [3.05, 3.63) is 144 Å². The van der Waals surface area contributed by atoms with Crippen molar-refractivity contribution in [3.63, 3.8) is 0 Å². The fraction of sp³-hybridized carbons (Fsp3) is 0.0938. The molecule has 4 aromatic carbocycles. The minimum Gasteiger partial charge on any atom is -0.466 e. The van der Waals surface area contributed by atoms with Crippen LogP contribution in [0, 0.1) is 0 Å². The van der Waals surface area contributed by atoms with Crippen LogP contribution in [-0.4, -0.2) is 41.7 Å². The van der Waals surface area contributed by atoms with Gasteiger partial charge in [0.05, 0.1) is 20.3 Å². The van der Waals surface area contributed by atoms with Gasteiger partial charge in [0.15, 0.2) is 7.26 Å². The van der Waals surface area contributed by atoms with Gasteiger partial charge in [0.2, 0.25) is 5.31 Å². The van der Waals surface area contributed by atoms with Crippen LogP contribution in [0.3, 0.4) is 0 Å². The summed E-state index contributed by atoms with van der Waals surface area (Å²) in [6.07, 6.45) is 1.97. The smallest absolute Gasteiger partial charge is 0.375 e. The summed E-state index contributed by atoms with van der Waals surface area (Å²) in [7, 11) is -0.102. The topological polar surface area (TPSA) is 105 Å². The number of tetrazole rings is 1. The number of aromatic nitrogens is 4. The van der Waals surface area contributed by atoms with E-state index in [0.29, 0.717) is 12.2 Å². The monoisotopic (exact) mass is 564 g/mol. The van der Waals surface area contributed by atoms with Gasteiger partial charge in [-0.1, -0.05) is 84.9 Å². The average molecular weight is 565 g/mol. The van der Waals surface area contributed by atoms with Crippen LogP contribution in [0.4, 0.5) is 0 Å². The molecule has 0 saturated carbocycles. The third kappa shape index (κ3) is 6.99. The van der Waals surface area contributed by atoms with E-state index in [1.165, 1.54) is 25.9 Å². The zero-order chi connectivity index (χ0) is 28.9. The molecule has 0 saturated heterocycles. The molecule has 0 bridgehead atoms. The number of nitrogens with zero attached hydrogens (tertiary/aromatic N) is 4. The third-order valence-electron chi connectivity index (χ3n) is 6.21. The molecule has 1 heterocycles. The van der Waals surface area contributed by atoms with E-state index in [1.807, 2.05) is 121 Å². The van der Waals surface area contributed by atoms with E-state index in [1.54, 1.807) is 0 Å². The maximum atomic E-state index is 13.1. The Hall–Kier alpha value is -4.94. The summed E-state index contributed by atoms with van der Waals surface area (Å²) in [4.78, 5) is 25.4. The van der Waals surface area contributed by atoms with E-state index in [2.05, 4.69) is 20.6 Å². The molecule has 5 rings (SSSR count). The second-order valence-electron chi connectivity index (χ2n) is 8.68. The van der Waals surface area contributed by atoms with Crippen molar-refractivity contribution in [1.82, 2.24) is 20.6 Å². The molecule has 41 heavy (non-hydrogen) atoms. The standard InChI is InChI=1S/C24H22O4P.C8H7N4/c1-27-23(25)18-22(24(26)28-2)29(19-12-6-3-7-13-19,20-14-8-4-9-15-20)21-16-10-5-11-17-21;1-2-4-7(5-3-1)6-8-9-11-12-10-8/h3-18H,1-2H3;1-5H,6H2/q+1;-1/b22-18-;. The molecule has 0 aliphatic heterocycles. The highest BCUT2D eigenvalue weighted by Crippen LogP contribution is 2.62. The maximum absolute atomic E-state index is 13.1. The molecular weight excluding hydrogens is 535 g/mol. The minimum absolute atomic E-state index is 0.287. The highest BCUT2D eigenvalue weighted by atomic mass is 31.2. The van der Waals surface area contributed by atoms with Crippen LogP contribution in [0.1, 0.15) is 11.4 Å². The quantitative estimate of drug-likeness (QED) is 0.160. The van der Waals surface area contributed by atoms with Gasteiger partial charge in [-0.2, -0.15) is 5.21 Å². The molecule has 0 fully saturated rings. The molecule has 0 radical (unpaired) electrons. The Morgan fingerprint density at radius 2 is 1.17 bits per heavy atom. The lowest BCUT2D eigenvalue weighted by molar-refractivity contribution is -0.137. The van der Waals surface area contributed by atoms with Gasteiger partial charge in [-0.15, -0.1) is 0 Å². The average Bonchev–Trinajstić information content (AvgIpc) is 3.56. The Bertz CT molecular complexity index is 1450. The van der Waals surface area contributed by atoms with E-state index in [-0.39, 0.29) is 5.31 Å². The van der Waals surface area contributed by atoms with E-state index in [0.717, 1.165) is 15.9 Å². The number of hydrogen-bond acceptors (Lipinski definition) is 7. The lowest BCUT2D eigenvalue weighted by Crippen LogP contribution is -2.35. The SMILES string of the molecule is COC(=O)/C=C(/C(=O)OC)[P+](c1ccccc1)(c1ccccc1)c1ccccc1.c1ccc(Cc2nnn[n-]2)cc1. The number of carbonyl (C=O) groups excluding carboxylic acids is 2. The molecule has 8 nitrogen and oxygen atoms in total. The molecular formula is C32H29N4O4P. The van der Waals surface area contributed by atoms with Gasteiger partial charge in [-0.3, -0.25) is 10.3 Å². The summed E-state index contributed by atoms with van der Waals surface area (Å²) in [6.45, 7) is 0. The largest absolute Gasteiger partial charge is 0.466 e. The van der Waals surface area contributed by atoms with Crippen LogP contribution < -0.4 is 21.0 Å². The number of esters is 2. The first kappa shape index (κ1) is 29.1. The van der Waals surface area contributed by atoms with Crippen molar-refractivity contribution in [2.75, 3.05) is 14.2 Å². The van der Waals surface area contributed by atoms with Crippen molar-refractivity contribution >= 4 is 35.1 Å². The molecule has 0 amide bonds. The Morgan fingerprint density at radius 1 is 0.707 bits per heavy atom. The zero-order valence-corrected chi connectivity index (χ0v) is 23.6. The number of benzene rings is 4. The second kappa shape index (κ2) is 14.4. The number of methoxy groups -OCH3 is 2. The van der Waals surface area contributed by atoms with Crippen LogP contribution in [-0.2, 0) is 25.5 Å². The predicted molar refractivity (Wildman–Crippen MR) is 160 cm³/mol. The summed E-state index contributed by atoms with van der Waals surface area (Å²) in [5.41, 5.74) is 1.17. The van der Waals surface area contributed by atoms with Gasteiger partial charge in [-0.05, 0) is 42.0 Å². The molecule has 206 valence electrons. The van der Waals surface area contributed by atoms with Gasteiger partial charge in [-0.25, -0.2) is 9.59 Å². The fourth-order valence-electron chi connectivity index (χ4n) is 4.40. The molecule has 0 aliphatic rings. The van der Waals surface area contributed by atoms with E-state index in [4.69, 9.17) is 9.47 Å². The van der Waals surface area contributed by atoms with Crippen molar-refractivity contribution in [2.45, 2.75) is 6.42 Å². The maximum Gasteiger partial charge on any atom is 0.375 e. The summed E-state index contributed by atoms with van der Waals surface area (Å²) in [5, 5.41) is 17.4. The van der Waals surface area contributed by atoms with Crippen LogP contribution >= 0.6 is 7.26 Å². The minimum atomic E-state index is -2.72. The van der Waals surface area contributed by atoms with E-state index >= 15 is 0 Å². The fourth-order valence-corrected chi connectivity index (χ4v) is 8.65. The van der Waals surface area contributed by atoms with Crippen molar-refractivity contribution < 1.29 is 19.1 Å². The molecule has 0 unspecified atom stereocenters. The lowest BCUT2D eigenvalue weighted by Gasteiger charge is -2.28. The summed E-state index contributed by atoms with van der Waals surface area (Å²) in [5.74, 6) is -0.487. The molecule has 0 aliphatic carbocycles. The Morgan fingerprint density at radius 3 is 1.56 bits per heavy atom. The van der Waals surface area contributed by atoms with Crippen LogP contribution in [0.5, 0.6) is 0 Å². The first-order valence-electron chi connectivity index (χ1n) is 12.8. The number of hydrogen-bond donors (Lipinski definition) is 0. The van der Waals surface area contributed by atoms with Gasteiger partial charge in [0.25, 0.3) is 0 Å². The number of carbonyl (C=O) groups is 2. The van der Waals surface area contributed by atoms with Gasteiger partial charge < -0.3 is 14.6 Å². The molecule has 0 atom stereocenters. The Labute approximate surface area is 239 Å². The second-order valence-corrected chi connectivity index (χ2v) is 12.1. The zero-order valence-electron chi connectivity index (χ0n) is 22.7. The highest BCUT2D eigenvalue weighted by Gasteiger charge is 2.53. The normalized spacial score (nSPS) is 11.1. The summed E-state index contributed by atoms with van der Waals surface area (Å²) in [6, 6.07) is 39.3. The van der Waals surface area contributed by atoms with Gasteiger partial charge >= 0.3 is 11.9 Å². The van der Waals surface area contributed by atoms with Crippen LogP contribution in [0.15, 0.2) is 133 Å². The highest BCUT2D eigenvalue weighted by molar-refractivity contribution is 7.99. The number of ether oxygens (including phenoxy) is 2. The number of rotatable bonds is 8. The summed E-state index contributed by atoms with van der Waals surface area (Å²) >= 11 is 0. The van der Waals surface area contributed by atoms with E-state index < -0.39 is 19.2 Å². The molecule has 1 aromatic heterocycles. The van der Waals surface area contributed by atoms with Gasteiger partial charge in [0.1, 0.15) is 15.9 Å². The van der Waals surface area contributed by atoms with Crippen molar-refractivity contribution in [1.29, 1.82) is 0 Å². The van der Waals surface area contributed by atoms with Gasteiger partial charge in [0, 0.05) is 12.2 Å². The van der Waals surface area contributed by atoms with Crippen LogP contribution in [0.25, 0.3) is 0 Å². The lowest BCUT2D eigenvalue weighted by atomic mass is 10.1. The van der Waals surface area contributed by atoms with Crippen molar-refractivity contribution in [3.8, 4) is 0 Å². The Balaban J connectivity index is 0.000000267. The first-order chi connectivity index (χ1) is 20.1. The molecule has 0 N–H and O–H groups in total. The molecule has 0 spiro atoms. The first-order valence-corrected chi connectivity index (χ1v) is 14.5. The van der Waals surface area contributed by atoms with Crippen molar-refractivity contribution in [2.24, 2.45) is 0 Å². The molecule has 5 aromatic rings. The predicted octanol–water partition coefficient (Wildman–Crippen LogP) is 3.63.